The average Bonchev–Trinajstić information content (AvgIpc) is 3.06. The molecule has 0 rings (SSSR count). The van der Waals surface area contributed by atoms with Gasteiger partial charge in [-0.3, -0.25) is 4.79 Å². The van der Waals surface area contributed by atoms with Crippen LogP contribution in [0.15, 0.2) is 0 Å². The van der Waals surface area contributed by atoms with E-state index in [2.05, 4.69) is 27.7 Å². The van der Waals surface area contributed by atoms with Gasteiger partial charge in [0.2, 0.25) is 0 Å². The minimum atomic E-state index is -3.53. The summed E-state index contributed by atoms with van der Waals surface area (Å²) in [5.74, 6) is -8.70. The Morgan fingerprint density at radius 1 is 0.537 bits per heavy atom. The Kier molecular flexibility index (Phi) is 27.5. The lowest BCUT2D eigenvalue weighted by molar-refractivity contribution is -0.175. The second-order valence-electron chi connectivity index (χ2n) is 17.5. The SMILES string of the molecule is CC(C)CCC(COC(=O)C(F)(F)CCCCCCC(CCCCCCC(F)(F)C(=O)OCC(CCC(C)C)C(C)C)OC(=O)CCCN(C)C)C(C)C. The summed E-state index contributed by atoms with van der Waals surface area (Å²) in [6, 6.07) is 0. The predicted molar refractivity (Wildman–Crippen MR) is 210 cm³/mol. The number of hydrogen-bond donors (Lipinski definition) is 0. The summed E-state index contributed by atoms with van der Waals surface area (Å²) in [6.07, 6.45) is 8.15. The van der Waals surface area contributed by atoms with Crippen molar-refractivity contribution in [1.82, 2.24) is 4.90 Å². The first-order chi connectivity index (χ1) is 25.2. The van der Waals surface area contributed by atoms with E-state index in [1.165, 1.54) is 0 Å². The number of esters is 3. The van der Waals surface area contributed by atoms with Crippen molar-refractivity contribution in [2.45, 2.75) is 189 Å². The Morgan fingerprint density at radius 3 is 1.28 bits per heavy atom. The maximum Gasteiger partial charge on any atom is 0.376 e. The highest BCUT2D eigenvalue weighted by molar-refractivity contribution is 5.77. The van der Waals surface area contributed by atoms with Crippen LogP contribution in [0.3, 0.4) is 0 Å². The lowest BCUT2D eigenvalue weighted by Crippen LogP contribution is -2.33. The molecular formula is C43H79F4NO6. The molecule has 0 saturated carbocycles. The molecule has 0 aliphatic heterocycles. The third-order valence-corrected chi connectivity index (χ3v) is 10.4. The summed E-state index contributed by atoms with van der Waals surface area (Å²) in [7, 11) is 3.86. The van der Waals surface area contributed by atoms with Crippen LogP contribution in [0.5, 0.6) is 0 Å². The molecule has 0 aromatic heterocycles. The van der Waals surface area contributed by atoms with Crippen LogP contribution >= 0.6 is 0 Å². The van der Waals surface area contributed by atoms with Gasteiger partial charge in [-0.25, -0.2) is 9.59 Å². The molecule has 0 bridgehead atoms. The van der Waals surface area contributed by atoms with Crippen LogP contribution in [0.25, 0.3) is 0 Å². The van der Waals surface area contributed by atoms with Crippen LogP contribution < -0.4 is 0 Å². The van der Waals surface area contributed by atoms with Gasteiger partial charge in [0.05, 0.1) is 13.2 Å². The van der Waals surface area contributed by atoms with E-state index in [9.17, 15) is 31.9 Å². The van der Waals surface area contributed by atoms with E-state index >= 15 is 0 Å². The second kappa shape index (κ2) is 28.5. The highest BCUT2D eigenvalue weighted by Crippen LogP contribution is 2.29. The molecule has 0 N–H and O–H groups in total. The standard InChI is InChI=1S/C43H79F4NO6/c1-32(2)23-25-36(34(5)6)30-52-40(50)42(44,45)27-17-13-11-15-20-38(54-39(49)22-19-29-48(9)10)21-16-12-14-18-28-43(46,47)41(51)53-31-37(35(7)8)26-24-33(3)4/h32-38H,11-31H2,1-10H3. The molecule has 0 aromatic carbocycles. The van der Waals surface area contributed by atoms with Gasteiger partial charge in [0.1, 0.15) is 6.10 Å². The lowest BCUT2D eigenvalue weighted by Gasteiger charge is -2.23. The van der Waals surface area contributed by atoms with Gasteiger partial charge < -0.3 is 19.1 Å². The summed E-state index contributed by atoms with van der Waals surface area (Å²) in [6.45, 7) is 17.2. The first-order valence-corrected chi connectivity index (χ1v) is 21.1. The predicted octanol–water partition coefficient (Wildman–Crippen LogP) is 11.7. The van der Waals surface area contributed by atoms with E-state index in [1.54, 1.807) is 0 Å². The number of hydrogen-bond acceptors (Lipinski definition) is 7. The van der Waals surface area contributed by atoms with Crippen molar-refractivity contribution in [3.05, 3.63) is 0 Å². The van der Waals surface area contributed by atoms with Crippen molar-refractivity contribution in [1.29, 1.82) is 0 Å². The molecule has 320 valence electrons. The maximum atomic E-state index is 14.6. The Hall–Kier alpha value is -1.91. The molecule has 0 aliphatic carbocycles. The van der Waals surface area contributed by atoms with Crippen LogP contribution in [0.4, 0.5) is 17.6 Å². The molecule has 0 aromatic rings. The molecule has 2 unspecified atom stereocenters. The number of halogens is 4. The highest BCUT2D eigenvalue weighted by atomic mass is 19.3. The summed E-state index contributed by atoms with van der Waals surface area (Å²) < 4.78 is 74.3. The Balaban J connectivity index is 4.76. The van der Waals surface area contributed by atoms with Crippen molar-refractivity contribution in [2.75, 3.05) is 33.9 Å². The number of carbonyl (C=O) groups excluding carboxylic acids is 3. The van der Waals surface area contributed by atoms with Gasteiger partial charge in [0, 0.05) is 19.3 Å². The Labute approximate surface area is 326 Å². The third-order valence-electron chi connectivity index (χ3n) is 10.4. The fourth-order valence-electron chi connectivity index (χ4n) is 6.29. The van der Waals surface area contributed by atoms with Crippen LogP contribution in [-0.4, -0.2) is 74.6 Å². The molecule has 0 heterocycles. The largest absolute Gasteiger partial charge is 0.462 e. The van der Waals surface area contributed by atoms with Gasteiger partial charge in [-0.2, -0.15) is 17.6 Å². The zero-order valence-electron chi connectivity index (χ0n) is 35.8. The van der Waals surface area contributed by atoms with E-state index in [0.717, 1.165) is 32.2 Å². The van der Waals surface area contributed by atoms with E-state index < -0.39 is 36.6 Å². The molecule has 0 amide bonds. The maximum absolute atomic E-state index is 14.6. The minimum absolute atomic E-state index is 0.00681. The molecule has 54 heavy (non-hydrogen) atoms. The minimum Gasteiger partial charge on any atom is -0.462 e. The second-order valence-corrected chi connectivity index (χ2v) is 17.5. The molecule has 0 fully saturated rings. The summed E-state index contributed by atoms with van der Waals surface area (Å²) in [5.41, 5.74) is 0. The van der Waals surface area contributed by atoms with Crippen molar-refractivity contribution in [3.8, 4) is 0 Å². The van der Waals surface area contributed by atoms with Crippen LogP contribution in [0, 0.1) is 35.5 Å². The fourth-order valence-corrected chi connectivity index (χ4v) is 6.29. The Morgan fingerprint density at radius 2 is 0.926 bits per heavy atom. The van der Waals surface area contributed by atoms with Gasteiger partial charge in [-0.05, 0) is 114 Å². The van der Waals surface area contributed by atoms with Crippen LogP contribution in [0.1, 0.15) is 171 Å². The lowest BCUT2D eigenvalue weighted by atomic mass is 9.89. The first kappa shape index (κ1) is 52.1. The average molecular weight is 782 g/mol. The monoisotopic (exact) mass is 782 g/mol. The van der Waals surface area contributed by atoms with Crippen LogP contribution in [0.2, 0.25) is 0 Å². The number of carbonyl (C=O) groups is 3. The van der Waals surface area contributed by atoms with E-state index in [4.69, 9.17) is 14.2 Å². The molecule has 0 aliphatic rings. The third kappa shape index (κ3) is 26.0. The Bertz CT molecular complexity index is 940. The van der Waals surface area contributed by atoms with E-state index in [-0.39, 0.29) is 68.2 Å². The van der Waals surface area contributed by atoms with Crippen LogP contribution in [-0.2, 0) is 28.6 Å². The van der Waals surface area contributed by atoms with Gasteiger partial charge in [0.25, 0.3) is 0 Å². The topological polar surface area (TPSA) is 82.1 Å². The smallest absolute Gasteiger partial charge is 0.376 e. The van der Waals surface area contributed by atoms with Gasteiger partial charge in [0.15, 0.2) is 0 Å². The molecular weight excluding hydrogens is 702 g/mol. The quantitative estimate of drug-likeness (QED) is 0.0284. The number of nitrogens with zero attached hydrogens (tertiary/aromatic N) is 1. The van der Waals surface area contributed by atoms with E-state index in [1.807, 2.05) is 46.7 Å². The van der Waals surface area contributed by atoms with Crippen molar-refractivity contribution < 1.29 is 46.2 Å². The zero-order chi connectivity index (χ0) is 41.3. The molecule has 11 heteroatoms. The molecule has 2 atom stereocenters. The molecule has 7 nitrogen and oxygen atoms in total. The fraction of sp³-hybridized carbons (Fsp3) is 0.930. The molecule has 0 saturated heterocycles. The highest BCUT2D eigenvalue weighted by Gasteiger charge is 2.41. The normalized spacial score (nSPS) is 14.3. The van der Waals surface area contributed by atoms with Gasteiger partial charge in [-0.15, -0.1) is 0 Å². The summed E-state index contributed by atoms with van der Waals surface area (Å²) in [4.78, 5) is 39.0. The van der Waals surface area contributed by atoms with Crippen molar-refractivity contribution in [2.24, 2.45) is 35.5 Å². The number of unbranched alkanes of at least 4 members (excludes halogenated alkanes) is 6. The summed E-state index contributed by atoms with van der Waals surface area (Å²) in [5, 5.41) is 0. The summed E-state index contributed by atoms with van der Waals surface area (Å²) >= 11 is 0. The number of rotatable bonds is 33. The van der Waals surface area contributed by atoms with Crippen molar-refractivity contribution in [3.63, 3.8) is 0 Å². The van der Waals surface area contributed by atoms with Gasteiger partial charge >= 0.3 is 29.8 Å². The number of ether oxygens (including phenoxy) is 3. The van der Waals surface area contributed by atoms with Gasteiger partial charge in [-0.1, -0.05) is 93.9 Å². The number of alkyl halides is 4. The zero-order valence-corrected chi connectivity index (χ0v) is 35.8. The molecule has 0 radical (unpaired) electrons. The van der Waals surface area contributed by atoms with E-state index in [0.29, 0.717) is 69.6 Å². The van der Waals surface area contributed by atoms with Crippen molar-refractivity contribution >= 4 is 17.9 Å². The molecule has 0 spiro atoms. The first-order valence-electron chi connectivity index (χ1n) is 21.1.